The Balaban J connectivity index is 5.03. The van der Waals surface area contributed by atoms with E-state index in [4.69, 9.17) is 13.8 Å². The summed E-state index contributed by atoms with van der Waals surface area (Å²) in [5.74, 6) is -0.543. The number of nitrogens with zero attached hydrogens (tertiary/aromatic N) is 1. The van der Waals surface area contributed by atoms with E-state index in [0.29, 0.717) is 17.4 Å². The summed E-state index contributed by atoms with van der Waals surface area (Å²) in [6.45, 7) is 6.82. The van der Waals surface area contributed by atoms with Crippen LogP contribution in [0.5, 0.6) is 0 Å². The molecule has 1 amide bonds. The average Bonchev–Trinajstić information content (AvgIpc) is 3.44. The first kappa shape index (κ1) is 78.7. The predicted molar refractivity (Wildman–Crippen MR) is 349 cm³/mol. The van der Waals surface area contributed by atoms with E-state index in [1.807, 2.05) is 33.3 Å². The highest BCUT2D eigenvalue weighted by molar-refractivity contribution is 7.45. The lowest BCUT2D eigenvalue weighted by Crippen LogP contribution is -2.47. The first-order valence-corrected chi connectivity index (χ1v) is 36.1. The Morgan fingerprint density at radius 1 is 0.444 bits per heavy atom. The van der Waals surface area contributed by atoms with E-state index in [9.17, 15) is 19.0 Å². The topological polar surface area (TPSA) is 114 Å². The number of nitrogens with one attached hydrogen (secondary N) is 1. The van der Waals surface area contributed by atoms with Crippen LogP contribution in [-0.4, -0.2) is 69.4 Å². The van der Waals surface area contributed by atoms with Crippen molar-refractivity contribution in [3.05, 3.63) is 60.8 Å². The van der Waals surface area contributed by atoms with E-state index >= 15 is 0 Å². The normalized spacial score (nSPS) is 13.9. The fourth-order valence-corrected chi connectivity index (χ4v) is 10.8. The monoisotopic (exact) mass is 1160 g/mol. The molecule has 3 unspecified atom stereocenters. The highest BCUT2D eigenvalue weighted by Gasteiger charge is 2.27. The number of ether oxygens (including phenoxy) is 1. The van der Waals surface area contributed by atoms with E-state index in [0.717, 1.165) is 83.5 Å². The lowest BCUT2D eigenvalue weighted by Gasteiger charge is -2.30. The maximum Gasteiger partial charge on any atom is 0.306 e. The van der Waals surface area contributed by atoms with Crippen LogP contribution in [-0.2, 0) is 27.9 Å². The van der Waals surface area contributed by atoms with Crippen LogP contribution in [0.4, 0.5) is 0 Å². The molecule has 0 heterocycles. The van der Waals surface area contributed by atoms with Gasteiger partial charge in [-0.25, -0.2) is 0 Å². The molecule has 0 saturated carbocycles. The third-order valence-corrected chi connectivity index (χ3v) is 16.4. The minimum Gasteiger partial charge on any atom is -0.756 e. The van der Waals surface area contributed by atoms with Gasteiger partial charge >= 0.3 is 5.97 Å². The zero-order valence-corrected chi connectivity index (χ0v) is 55.1. The Hall–Kier alpha value is -2.29. The van der Waals surface area contributed by atoms with E-state index < -0.39 is 26.6 Å². The SMILES string of the molecule is CCCCC/C=C\C/C=C\CCCCCCCCCCCCCCCCCCCC(=O)NC(COP(=O)([O-])OCC[N+](C)(C)C)C(/C=C\CCCCCCCCCCCCC)OC(=O)CCCCCCCC/C=C/C=C/CCCCC. The summed E-state index contributed by atoms with van der Waals surface area (Å²) < 4.78 is 30.4. The number of hydrogen-bond donors (Lipinski definition) is 1. The van der Waals surface area contributed by atoms with E-state index in [-0.39, 0.29) is 24.9 Å². The molecule has 0 aromatic carbocycles. The Morgan fingerprint density at radius 2 is 0.790 bits per heavy atom. The molecular formula is C71H133N2O7P. The summed E-state index contributed by atoms with van der Waals surface area (Å²) in [5, 5.41) is 3.04. The van der Waals surface area contributed by atoms with E-state index in [2.05, 4.69) is 74.7 Å². The van der Waals surface area contributed by atoms with Gasteiger partial charge in [0.05, 0.1) is 33.8 Å². The van der Waals surface area contributed by atoms with Gasteiger partial charge in [-0.1, -0.05) is 287 Å². The molecule has 0 rings (SSSR count). The molecule has 81 heavy (non-hydrogen) atoms. The van der Waals surface area contributed by atoms with Gasteiger partial charge in [-0.2, -0.15) is 0 Å². The maximum absolute atomic E-state index is 13.6. The first-order valence-electron chi connectivity index (χ1n) is 34.6. The highest BCUT2D eigenvalue weighted by atomic mass is 31.2. The fourth-order valence-electron chi connectivity index (χ4n) is 10.1. The Labute approximate surface area is 502 Å². The number of phosphoric ester groups is 1. The molecule has 0 aromatic heterocycles. The van der Waals surface area contributed by atoms with Crippen molar-refractivity contribution in [2.75, 3.05) is 40.9 Å². The summed E-state index contributed by atoms with van der Waals surface area (Å²) in [7, 11) is 1.19. The molecule has 474 valence electrons. The number of amides is 1. The van der Waals surface area contributed by atoms with Crippen LogP contribution >= 0.6 is 7.82 Å². The van der Waals surface area contributed by atoms with Crippen molar-refractivity contribution in [2.24, 2.45) is 0 Å². The van der Waals surface area contributed by atoms with Gasteiger partial charge in [-0.3, -0.25) is 14.2 Å². The molecule has 9 nitrogen and oxygen atoms in total. The summed E-state index contributed by atoms with van der Waals surface area (Å²) in [6, 6.07) is -0.893. The molecule has 0 aliphatic heterocycles. The fraction of sp³-hybridized carbons (Fsp3) is 0.831. The number of unbranched alkanes of at least 4 members (excludes halogenated alkanes) is 40. The number of likely N-dealkylation sites (N-methyl/N-ethyl adjacent to an activating group) is 1. The van der Waals surface area contributed by atoms with Gasteiger partial charge in [0.15, 0.2) is 0 Å². The van der Waals surface area contributed by atoms with Crippen molar-refractivity contribution in [1.82, 2.24) is 5.32 Å². The Kier molecular flexibility index (Phi) is 59.1. The minimum atomic E-state index is -4.70. The molecule has 0 radical (unpaired) electrons. The molecule has 0 spiro atoms. The van der Waals surface area contributed by atoms with Crippen LogP contribution in [0.3, 0.4) is 0 Å². The number of carbonyl (C=O) groups excluding carboxylic acids is 2. The quantitative estimate of drug-likeness (QED) is 0.0161. The zero-order chi connectivity index (χ0) is 59.3. The number of rotatable bonds is 63. The molecular weight excluding hydrogens is 1020 g/mol. The summed E-state index contributed by atoms with van der Waals surface area (Å²) in [6.07, 6.45) is 77.7. The minimum absolute atomic E-state index is 0.0240. The molecule has 0 fully saturated rings. The Morgan fingerprint density at radius 3 is 1.21 bits per heavy atom. The van der Waals surface area contributed by atoms with Gasteiger partial charge in [0.1, 0.15) is 19.3 Å². The molecule has 0 bridgehead atoms. The highest BCUT2D eigenvalue weighted by Crippen LogP contribution is 2.38. The standard InChI is InChI=1S/C71H133N2O7P/c1-7-10-13-16-19-22-25-28-30-31-32-33-34-35-36-37-38-39-40-41-43-45-48-51-54-57-60-63-70(74)72-68(67-79-81(76,77)78-66-65-73(4,5)6)69(62-59-56-53-50-47-44-27-24-21-18-15-12-9-3)80-71(75)64-61-58-55-52-49-46-42-29-26-23-20-17-14-11-8-2/h19-20,22-23,26,28-30,59,62,68-69H,7-18,21,24-25,27,31-58,60-61,63-67H2,1-6H3,(H-,72,74,76,77)/b22-19-,23-20+,29-26+,30-28-,62-59-. The number of carbonyl (C=O) groups is 2. The van der Waals surface area contributed by atoms with Gasteiger partial charge in [-0.15, -0.1) is 0 Å². The molecule has 0 aliphatic rings. The van der Waals surface area contributed by atoms with Crippen LogP contribution in [0.1, 0.15) is 329 Å². The molecule has 1 N–H and O–H groups in total. The van der Waals surface area contributed by atoms with Crippen LogP contribution in [0.2, 0.25) is 0 Å². The van der Waals surface area contributed by atoms with Crippen molar-refractivity contribution in [3.8, 4) is 0 Å². The lowest BCUT2D eigenvalue weighted by atomic mass is 10.0. The maximum atomic E-state index is 13.6. The number of esters is 1. The lowest BCUT2D eigenvalue weighted by molar-refractivity contribution is -0.870. The van der Waals surface area contributed by atoms with Gasteiger partial charge in [0.25, 0.3) is 7.82 Å². The second-order valence-electron chi connectivity index (χ2n) is 24.7. The molecule has 10 heteroatoms. The summed E-state index contributed by atoms with van der Waals surface area (Å²) in [4.78, 5) is 40.1. The third-order valence-electron chi connectivity index (χ3n) is 15.4. The van der Waals surface area contributed by atoms with Gasteiger partial charge in [-0.05, 0) is 89.5 Å². The van der Waals surface area contributed by atoms with Crippen molar-refractivity contribution in [1.29, 1.82) is 0 Å². The van der Waals surface area contributed by atoms with E-state index in [1.165, 1.54) is 212 Å². The molecule has 0 aromatic rings. The van der Waals surface area contributed by atoms with Gasteiger partial charge in [0.2, 0.25) is 5.91 Å². The molecule has 0 saturated heterocycles. The number of quaternary nitrogens is 1. The Bertz CT molecular complexity index is 1570. The average molecular weight is 1160 g/mol. The largest absolute Gasteiger partial charge is 0.756 e. The van der Waals surface area contributed by atoms with Crippen molar-refractivity contribution in [3.63, 3.8) is 0 Å². The van der Waals surface area contributed by atoms with Crippen LogP contribution in [0.15, 0.2) is 60.8 Å². The van der Waals surface area contributed by atoms with Crippen molar-refractivity contribution in [2.45, 2.75) is 341 Å². The summed E-state index contributed by atoms with van der Waals surface area (Å²) in [5.41, 5.74) is 0. The second kappa shape index (κ2) is 60.8. The number of hydrogen-bond acceptors (Lipinski definition) is 7. The zero-order valence-electron chi connectivity index (χ0n) is 54.2. The van der Waals surface area contributed by atoms with Crippen LogP contribution in [0.25, 0.3) is 0 Å². The van der Waals surface area contributed by atoms with Crippen LogP contribution in [0, 0.1) is 0 Å². The van der Waals surface area contributed by atoms with Crippen molar-refractivity contribution < 1.29 is 37.3 Å². The van der Waals surface area contributed by atoms with Crippen molar-refractivity contribution >= 4 is 19.7 Å². The molecule has 0 aliphatic carbocycles. The van der Waals surface area contributed by atoms with E-state index in [1.54, 1.807) is 0 Å². The number of allylic oxidation sites excluding steroid dienone is 9. The summed E-state index contributed by atoms with van der Waals surface area (Å²) >= 11 is 0. The second-order valence-corrected chi connectivity index (χ2v) is 26.1. The predicted octanol–water partition coefficient (Wildman–Crippen LogP) is 21.2. The molecule has 3 atom stereocenters. The van der Waals surface area contributed by atoms with Gasteiger partial charge < -0.3 is 28.5 Å². The number of phosphoric acid groups is 1. The van der Waals surface area contributed by atoms with Crippen LogP contribution < -0.4 is 10.2 Å². The first-order chi connectivity index (χ1) is 39.4. The third kappa shape index (κ3) is 62.1. The van der Waals surface area contributed by atoms with Gasteiger partial charge in [0, 0.05) is 12.8 Å². The smallest absolute Gasteiger partial charge is 0.306 e.